The molecule has 2 rings (SSSR count). The number of anilines is 1. The van der Waals surface area contributed by atoms with Crippen LogP contribution in [0, 0.1) is 10.1 Å². The van der Waals surface area contributed by atoms with Crippen molar-refractivity contribution in [2.45, 2.75) is 6.10 Å². The van der Waals surface area contributed by atoms with Crippen molar-refractivity contribution in [2.24, 2.45) is 0 Å². The summed E-state index contributed by atoms with van der Waals surface area (Å²) in [7, 11) is 1.26. The Morgan fingerprint density at radius 2 is 2.14 bits per heavy atom. The van der Waals surface area contributed by atoms with Gasteiger partial charge in [-0.2, -0.15) is 0 Å². The van der Waals surface area contributed by atoms with Gasteiger partial charge in [0.15, 0.2) is 6.10 Å². The van der Waals surface area contributed by atoms with Gasteiger partial charge in [-0.15, -0.1) is 0 Å². The van der Waals surface area contributed by atoms with E-state index in [9.17, 15) is 14.9 Å². The number of nitro groups is 1. The maximum Gasteiger partial charge on any atom is 0.336 e. The van der Waals surface area contributed by atoms with Crippen LogP contribution in [0.15, 0.2) is 12.1 Å². The van der Waals surface area contributed by atoms with Gasteiger partial charge in [-0.1, -0.05) is 23.2 Å². The van der Waals surface area contributed by atoms with Crippen LogP contribution in [0.1, 0.15) is 0 Å². The number of morpholine rings is 1. The third-order valence-electron chi connectivity index (χ3n) is 3.09. The van der Waals surface area contributed by atoms with Crippen LogP contribution in [0.3, 0.4) is 0 Å². The standard InChI is InChI=1S/C12H12Cl2N2O5/c1-20-12(17)11-6-15(2-3-21-11)9-4-7(13)8(14)5-10(9)16(18)19/h4-5,11H,2-3,6H2,1H3. The fraction of sp³-hybridized carbons (Fsp3) is 0.417. The number of halogens is 2. The lowest BCUT2D eigenvalue weighted by Gasteiger charge is -2.32. The highest BCUT2D eigenvalue weighted by Gasteiger charge is 2.31. The number of carbonyl (C=O) groups excluding carboxylic acids is 1. The summed E-state index contributed by atoms with van der Waals surface area (Å²) in [5, 5.41) is 11.5. The second-order valence-corrected chi connectivity index (χ2v) is 5.16. The van der Waals surface area contributed by atoms with Crippen LogP contribution < -0.4 is 4.90 Å². The molecule has 0 bridgehead atoms. The summed E-state index contributed by atoms with van der Waals surface area (Å²) in [6.45, 7) is 0.787. The van der Waals surface area contributed by atoms with Gasteiger partial charge >= 0.3 is 5.97 Å². The Morgan fingerprint density at radius 3 is 2.76 bits per heavy atom. The minimum atomic E-state index is -0.794. The highest BCUT2D eigenvalue weighted by molar-refractivity contribution is 6.42. The largest absolute Gasteiger partial charge is 0.467 e. The van der Waals surface area contributed by atoms with Gasteiger partial charge in [0.05, 0.1) is 35.2 Å². The van der Waals surface area contributed by atoms with E-state index in [2.05, 4.69) is 4.74 Å². The predicted octanol–water partition coefficient (Wildman–Crippen LogP) is 2.28. The van der Waals surface area contributed by atoms with Crippen molar-refractivity contribution in [3.63, 3.8) is 0 Å². The fourth-order valence-electron chi connectivity index (χ4n) is 2.07. The number of benzene rings is 1. The second-order valence-electron chi connectivity index (χ2n) is 4.34. The first-order chi connectivity index (χ1) is 9.93. The van der Waals surface area contributed by atoms with E-state index in [1.54, 1.807) is 4.90 Å². The van der Waals surface area contributed by atoms with Gasteiger partial charge in [0.25, 0.3) is 5.69 Å². The van der Waals surface area contributed by atoms with Crippen LogP contribution in [-0.2, 0) is 14.3 Å². The summed E-state index contributed by atoms with van der Waals surface area (Å²) in [5.41, 5.74) is 0.126. The van der Waals surface area contributed by atoms with Gasteiger partial charge in [0, 0.05) is 12.6 Å². The first-order valence-electron chi connectivity index (χ1n) is 6.02. The Morgan fingerprint density at radius 1 is 1.48 bits per heavy atom. The molecule has 0 aromatic heterocycles. The molecule has 0 radical (unpaired) electrons. The normalized spacial score (nSPS) is 18.4. The summed E-state index contributed by atoms with van der Waals surface area (Å²) in [6.07, 6.45) is -0.794. The van der Waals surface area contributed by atoms with E-state index in [1.807, 2.05) is 0 Å². The molecule has 0 spiro atoms. The number of nitro benzene ring substituents is 1. The zero-order valence-corrected chi connectivity index (χ0v) is 12.6. The number of ether oxygens (including phenoxy) is 2. The fourth-order valence-corrected chi connectivity index (χ4v) is 2.38. The molecule has 1 fully saturated rings. The molecule has 1 atom stereocenters. The molecule has 21 heavy (non-hydrogen) atoms. The topological polar surface area (TPSA) is 81.9 Å². The van der Waals surface area contributed by atoms with Gasteiger partial charge in [0.2, 0.25) is 0 Å². The lowest BCUT2D eigenvalue weighted by molar-refractivity contribution is -0.384. The van der Waals surface area contributed by atoms with Crippen molar-refractivity contribution in [1.82, 2.24) is 0 Å². The molecular weight excluding hydrogens is 323 g/mol. The Labute approximate surface area is 130 Å². The molecular formula is C12H12Cl2N2O5. The number of carbonyl (C=O) groups is 1. The average molecular weight is 335 g/mol. The lowest BCUT2D eigenvalue weighted by Crippen LogP contribution is -2.46. The number of nitrogens with zero attached hydrogens (tertiary/aromatic N) is 2. The van der Waals surface area contributed by atoms with Crippen LogP contribution in [0.5, 0.6) is 0 Å². The van der Waals surface area contributed by atoms with Crippen molar-refractivity contribution in [3.05, 3.63) is 32.3 Å². The highest BCUT2D eigenvalue weighted by atomic mass is 35.5. The van der Waals surface area contributed by atoms with Gasteiger partial charge < -0.3 is 14.4 Å². The van der Waals surface area contributed by atoms with Crippen molar-refractivity contribution in [1.29, 1.82) is 0 Å². The second kappa shape index (κ2) is 6.46. The number of methoxy groups -OCH3 is 1. The molecule has 1 heterocycles. The van der Waals surface area contributed by atoms with E-state index in [1.165, 1.54) is 19.2 Å². The number of hydrogen-bond donors (Lipinski definition) is 0. The van der Waals surface area contributed by atoms with Crippen LogP contribution in [0.25, 0.3) is 0 Å². The average Bonchev–Trinajstić information content (AvgIpc) is 2.48. The quantitative estimate of drug-likeness (QED) is 0.479. The van der Waals surface area contributed by atoms with Crippen LogP contribution in [-0.4, -0.2) is 43.8 Å². The molecule has 1 saturated heterocycles. The van der Waals surface area contributed by atoms with Crippen molar-refractivity contribution in [3.8, 4) is 0 Å². The van der Waals surface area contributed by atoms with E-state index < -0.39 is 17.0 Å². The summed E-state index contributed by atoms with van der Waals surface area (Å²) < 4.78 is 9.91. The van der Waals surface area contributed by atoms with E-state index in [-0.39, 0.29) is 28.9 Å². The Kier molecular flexibility index (Phi) is 4.87. The first-order valence-corrected chi connectivity index (χ1v) is 6.77. The molecule has 9 heteroatoms. The van der Waals surface area contributed by atoms with Gasteiger partial charge in [0.1, 0.15) is 5.69 Å². The smallest absolute Gasteiger partial charge is 0.336 e. The molecule has 114 valence electrons. The van der Waals surface area contributed by atoms with Crippen LogP contribution in [0.4, 0.5) is 11.4 Å². The third kappa shape index (κ3) is 3.37. The summed E-state index contributed by atoms with van der Waals surface area (Å²) in [4.78, 5) is 23.8. The van der Waals surface area contributed by atoms with Crippen molar-refractivity contribution >= 4 is 40.5 Å². The van der Waals surface area contributed by atoms with E-state index in [0.29, 0.717) is 12.2 Å². The molecule has 1 unspecified atom stereocenters. The lowest BCUT2D eigenvalue weighted by atomic mass is 10.2. The number of rotatable bonds is 3. The zero-order valence-electron chi connectivity index (χ0n) is 11.0. The Bertz CT molecular complexity index is 581. The summed E-state index contributed by atoms with van der Waals surface area (Å²) in [5.74, 6) is -0.526. The predicted molar refractivity (Wildman–Crippen MR) is 77.1 cm³/mol. The highest BCUT2D eigenvalue weighted by Crippen LogP contribution is 2.36. The van der Waals surface area contributed by atoms with Gasteiger partial charge in [-0.25, -0.2) is 4.79 Å². The molecule has 0 saturated carbocycles. The van der Waals surface area contributed by atoms with Gasteiger partial charge in [-0.05, 0) is 6.07 Å². The molecule has 1 aromatic rings. The van der Waals surface area contributed by atoms with Crippen molar-refractivity contribution < 1.29 is 19.2 Å². The molecule has 0 N–H and O–H groups in total. The SMILES string of the molecule is COC(=O)C1CN(c2cc(Cl)c(Cl)cc2[N+](=O)[O-])CCO1. The Hall–Kier alpha value is -1.57. The Balaban J connectivity index is 2.34. The summed E-state index contributed by atoms with van der Waals surface area (Å²) >= 11 is 11.7. The maximum atomic E-state index is 11.5. The van der Waals surface area contributed by atoms with E-state index in [4.69, 9.17) is 27.9 Å². The molecule has 1 aliphatic heterocycles. The molecule has 1 aliphatic rings. The third-order valence-corrected chi connectivity index (χ3v) is 3.81. The monoisotopic (exact) mass is 334 g/mol. The van der Waals surface area contributed by atoms with Gasteiger partial charge in [-0.3, -0.25) is 10.1 Å². The molecule has 1 aromatic carbocycles. The molecule has 0 amide bonds. The number of esters is 1. The van der Waals surface area contributed by atoms with E-state index in [0.717, 1.165) is 0 Å². The van der Waals surface area contributed by atoms with E-state index >= 15 is 0 Å². The minimum absolute atomic E-state index is 0.102. The summed E-state index contributed by atoms with van der Waals surface area (Å²) in [6, 6.07) is 2.61. The number of hydrogen-bond acceptors (Lipinski definition) is 6. The van der Waals surface area contributed by atoms with Crippen molar-refractivity contribution in [2.75, 3.05) is 31.7 Å². The molecule has 0 aliphatic carbocycles. The maximum absolute atomic E-state index is 11.5. The molecule has 7 nitrogen and oxygen atoms in total. The minimum Gasteiger partial charge on any atom is -0.467 e. The van der Waals surface area contributed by atoms with Crippen LogP contribution >= 0.6 is 23.2 Å². The zero-order chi connectivity index (χ0) is 15.6. The van der Waals surface area contributed by atoms with Crippen LogP contribution in [0.2, 0.25) is 10.0 Å². The first kappa shape index (κ1) is 15.8.